The predicted molar refractivity (Wildman–Crippen MR) is 76.0 cm³/mol. The summed E-state index contributed by atoms with van der Waals surface area (Å²) >= 11 is 0. The highest BCUT2D eigenvalue weighted by Crippen LogP contribution is 2.32. The summed E-state index contributed by atoms with van der Waals surface area (Å²) in [7, 11) is 1.45. The van der Waals surface area contributed by atoms with E-state index in [0.717, 1.165) is 6.08 Å². The minimum absolute atomic E-state index is 0.267. The maximum Gasteiger partial charge on any atom is 0.412 e. The summed E-state index contributed by atoms with van der Waals surface area (Å²) in [5, 5.41) is 12.8. The molecule has 0 aromatic rings. The number of allylic oxidation sites excluding steroid dienone is 4. The largest absolute Gasteiger partial charge is 0.412 e. The van der Waals surface area contributed by atoms with Crippen molar-refractivity contribution in [2.24, 2.45) is 4.99 Å². The van der Waals surface area contributed by atoms with Crippen LogP contribution in [-0.4, -0.2) is 36.6 Å². The molecular formula is C15H15F3N2O2. The van der Waals surface area contributed by atoms with E-state index in [1.165, 1.54) is 19.4 Å². The van der Waals surface area contributed by atoms with E-state index in [9.17, 15) is 18.3 Å². The minimum Gasteiger partial charge on any atom is -0.387 e. The van der Waals surface area contributed by atoms with Gasteiger partial charge >= 0.3 is 6.18 Å². The Kier molecular flexibility index (Phi) is 5.03. The number of aliphatic hydroxyl groups excluding tert-OH is 1. The molecule has 7 heteroatoms. The van der Waals surface area contributed by atoms with Crippen LogP contribution in [0.15, 0.2) is 58.4 Å². The van der Waals surface area contributed by atoms with Gasteiger partial charge in [0, 0.05) is 42.6 Å². The fraction of sp³-hybridized carbons (Fsp3) is 0.333. The van der Waals surface area contributed by atoms with Crippen molar-refractivity contribution in [3.63, 3.8) is 0 Å². The summed E-state index contributed by atoms with van der Waals surface area (Å²) in [6.45, 7) is 0. The van der Waals surface area contributed by atoms with Crippen molar-refractivity contribution >= 4 is 5.87 Å². The molecule has 0 spiro atoms. The van der Waals surface area contributed by atoms with Crippen LogP contribution in [-0.2, 0) is 4.74 Å². The van der Waals surface area contributed by atoms with E-state index >= 15 is 0 Å². The molecule has 0 bridgehead atoms. The van der Waals surface area contributed by atoms with Crippen LogP contribution < -0.4 is 5.32 Å². The molecule has 0 radical (unpaired) electrons. The Morgan fingerprint density at radius 2 is 2.18 bits per heavy atom. The molecule has 22 heavy (non-hydrogen) atoms. The number of ether oxygens (including phenoxy) is 1. The van der Waals surface area contributed by atoms with Gasteiger partial charge in [0.1, 0.15) is 0 Å². The second-order valence-electron chi connectivity index (χ2n) is 4.70. The number of rotatable bonds is 4. The van der Waals surface area contributed by atoms with Crippen molar-refractivity contribution in [2.45, 2.75) is 24.9 Å². The number of alkyl halides is 3. The van der Waals surface area contributed by atoms with Crippen LogP contribution in [0.4, 0.5) is 13.2 Å². The fourth-order valence-electron chi connectivity index (χ4n) is 2.05. The average molecular weight is 312 g/mol. The monoisotopic (exact) mass is 312 g/mol. The van der Waals surface area contributed by atoms with Crippen LogP contribution in [0.3, 0.4) is 0 Å². The van der Waals surface area contributed by atoms with Crippen molar-refractivity contribution in [1.29, 1.82) is 0 Å². The van der Waals surface area contributed by atoms with Gasteiger partial charge in [-0.2, -0.15) is 13.2 Å². The van der Waals surface area contributed by atoms with Gasteiger partial charge in [-0.25, -0.2) is 4.99 Å². The highest BCUT2D eigenvalue weighted by Gasteiger charge is 2.36. The van der Waals surface area contributed by atoms with Crippen molar-refractivity contribution in [3.8, 4) is 0 Å². The summed E-state index contributed by atoms with van der Waals surface area (Å²) in [5.74, 6) is 2.65. The van der Waals surface area contributed by atoms with Gasteiger partial charge in [0.05, 0.1) is 6.10 Å². The quantitative estimate of drug-likeness (QED) is 0.784. The van der Waals surface area contributed by atoms with Gasteiger partial charge in [-0.3, -0.25) is 0 Å². The lowest BCUT2D eigenvalue weighted by atomic mass is 9.99. The molecule has 1 aliphatic carbocycles. The maximum atomic E-state index is 12.6. The van der Waals surface area contributed by atoms with Gasteiger partial charge in [0.15, 0.2) is 6.23 Å². The summed E-state index contributed by atoms with van der Waals surface area (Å²) in [5.41, 5.74) is 0.211. The highest BCUT2D eigenvalue weighted by atomic mass is 19.4. The molecular weight excluding hydrogens is 297 g/mol. The first kappa shape index (κ1) is 16.3. The SMILES string of the molecule is COC(NC1=CC=C(C(F)(F)F)CC1O)C1=CC=C=NC=C1. The normalized spacial score (nSPS) is 22.6. The van der Waals surface area contributed by atoms with E-state index < -0.39 is 30.5 Å². The Morgan fingerprint density at radius 3 is 2.82 bits per heavy atom. The number of hydrogen-bond donors (Lipinski definition) is 2. The average Bonchev–Trinajstić information content (AvgIpc) is 2.74. The van der Waals surface area contributed by atoms with Crippen LogP contribution >= 0.6 is 0 Å². The molecule has 118 valence electrons. The third-order valence-corrected chi connectivity index (χ3v) is 3.20. The van der Waals surface area contributed by atoms with E-state index in [4.69, 9.17) is 4.74 Å². The molecule has 4 nitrogen and oxygen atoms in total. The van der Waals surface area contributed by atoms with Crippen LogP contribution in [0.2, 0.25) is 0 Å². The summed E-state index contributed by atoms with van der Waals surface area (Å²) in [4.78, 5) is 3.82. The Hall–Kier alpha value is -2.08. The molecule has 1 heterocycles. The standard InChI is InChI=1S/C15H15F3N2O2/c1-22-14(10-3-2-7-19-8-6-10)20-12-5-4-11(9-13(12)21)15(16,17)18/h2-6,8,13-14,20-21H,9H2,1H3. The smallest absolute Gasteiger partial charge is 0.387 e. The van der Waals surface area contributed by atoms with E-state index in [-0.39, 0.29) is 5.70 Å². The molecule has 2 rings (SSSR count). The zero-order valence-corrected chi connectivity index (χ0v) is 11.8. The topological polar surface area (TPSA) is 53.8 Å². The van der Waals surface area contributed by atoms with Gasteiger partial charge < -0.3 is 15.2 Å². The van der Waals surface area contributed by atoms with Gasteiger partial charge in [-0.05, 0) is 24.1 Å². The molecule has 2 aliphatic rings. The Bertz CT molecular complexity index is 609. The molecule has 0 fully saturated rings. The van der Waals surface area contributed by atoms with Gasteiger partial charge in [-0.1, -0.05) is 6.08 Å². The van der Waals surface area contributed by atoms with E-state index in [0.29, 0.717) is 5.57 Å². The number of halogens is 3. The summed E-state index contributed by atoms with van der Waals surface area (Å²) in [6, 6.07) is 0. The zero-order valence-electron chi connectivity index (χ0n) is 11.8. The molecule has 0 amide bonds. The van der Waals surface area contributed by atoms with Crippen molar-refractivity contribution in [2.75, 3.05) is 7.11 Å². The minimum atomic E-state index is -4.43. The van der Waals surface area contributed by atoms with Crippen LogP contribution in [0.25, 0.3) is 0 Å². The molecule has 0 saturated heterocycles. The van der Waals surface area contributed by atoms with Gasteiger partial charge in [-0.15, -0.1) is 0 Å². The number of hydrogen-bond acceptors (Lipinski definition) is 4. The Labute approximate surface area is 125 Å². The summed E-state index contributed by atoms with van der Waals surface area (Å²) < 4.78 is 43.1. The van der Waals surface area contributed by atoms with Gasteiger partial charge in [0.25, 0.3) is 0 Å². The number of methoxy groups -OCH3 is 1. The van der Waals surface area contributed by atoms with Crippen LogP contribution in [0.5, 0.6) is 0 Å². The zero-order chi connectivity index (χ0) is 16.2. The van der Waals surface area contributed by atoms with E-state index in [1.807, 2.05) is 0 Å². The highest BCUT2D eigenvalue weighted by molar-refractivity contribution is 5.58. The van der Waals surface area contributed by atoms with Crippen molar-refractivity contribution in [3.05, 3.63) is 53.4 Å². The Balaban J connectivity index is 2.15. The lowest BCUT2D eigenvalue weighted by molar-refractivity contribution is -0.0969. The molecule has 2 N–H and O–H groups in total. The second-order valence-corrected chi connectivity index (χ2v) is 4.70. The fourth-order valence-corrected chi connectivity index (χ4v) is 2.05. The molecule has 2 unspecified atom stereocenters. The molecule has 0 aromatic heterocycles. The molecule has 0 saturated carbocycles. The second kappa shape index (κ2) is 6.79. The first-order valence-corrected chi connectivity index (χ1v) is 6.52. The predicted octanol–water partition coefficient (Wildman–Crippen LogP) is 2.37. The molecule has 2 atom stereocenters. The van der Waals surface area contributed by atoms with Crippen LogP contribution in [0.1, 0.15) is 6.42 Å². The summed E-state index contributed by atoms with van der Waals surface area (Å²) in [6.07, 6.45) is 1.89. The Morgan fingerprint density at radius 1 is 1.41 bits per heavy atom. The van der Waals surface area contributed by atoms with Gasteiger partial charge in [0.2, 0.25) is 0 Å². The number of nitrogens with zero attached hydrogens (tertiary/aromatic N) is 1. The van der Waals surface area contributed by atoms with Crippen molar-refractivity contribution < 1.29 is 23.0 Å². The first-order chi connectivity index (χ1) is 10.4. The molecule has 1 aliphatic heterocycles. The third-order valence-electron chi connectivity index (χ3n) is 3.20. The van der Waals surface area contributed by atoms with E-state index in [2.05, 4.69) is 16.2 Å². The van der Waals surface area contributed by atoms with Crippen LogP contribution in [0, 0.1) is 0 Å². The van der Waals surface area contributed by atoms with E-state index in [1.54, 1.807) is 18.2 Å². The molecule has 0 aromatic carbocycles. The lowest BCUT2D eigenvalue weighted by Gasteiger charge is -2.27. The lowest BCUT2D eigenvalue weighted by Crippen LogP contribution is -2.37. The number of aliphatic hydroxyl groups is 1. The number of aliphatic imine (C=N–C) groups is 1. The maximum absolute atomic E-state index is 12.6. The van der Waals surface area contributed by atoms with Crippen molar-refractivity contribution in [1.82, 2.24) is 5.32 Å². The first-order valence-electron chi connectivity index (χ1n) is 6.52. The third kappa shape index (κ3) is 3.98. The number of nitrogens with one attached hydrogen (secondary N) is 1.